The smallest absolute Gasteiger partial charge is 0.191 e. The number of aryl methyl sites for hydroxylation is 1. The third-order valence-corrected chi connectivity index (χ3v) is 6.55. The Bertz CT molecular complexity index is 912. The molecule has 2 fully saturated rings. The van der Waals surface area contributed by atoms with Gasteiger partial charge in [-0.15, -0.1) is 0 Å². The van der Waals surface area contributed by atoms with E-state index in [-0.39, 0.29) is 17.3 Å². The Hall–Kier alpha value is -2.67. The predicted octanol–water partition coefficient (Wildman–Crippen LogP) is 3.02. The monoisotopic (exact) mass is 425 g/mol. The summed E-state index contributed by atoms with van der Waals surface area (Å²) in [6.45, 7) is 6.00. The van der Waals surface area contributed by atoms with Gasteiger partial charge in [-0.05, 0) is 49.4 Å². The third kappa shape index (κ3) is 4.82. The average Bonchev–Trinajstić information content (AvgIpc) is 3.26. The minimum Gasteiger partial charge on any atom is -0.381 e. The van der Waals surface area contributed by atoms with Gasteiger partial charge in [0, 0.05) is 57.5 Å². The highest BCUT2D eigenvalue weighted by Crippen LogP contribution is 2.36. The number of benzene rings is 1. The molecule has 1 unspecified atom stereocenters. The summed E-state index contributed by atoms with van der Waals surface area (Å²) in [6, 6.07) is 11.9. The van der Waals surface area contributed by atoms with Crippen molar-refractivity contribution in [1.29, 1.82) is 0 Å². The molecule has 1 atom stereocenters. The molecule has 2 aromatic rings. The Morgan fingerprint density at radius 1 is 1.26 bits per heavy atom. The molecule has 0 saturated carbocycles. The topological polar surface area (TPSA) is 61.8 Å². The van der Waals surface area contributed by atoms with Crippen LogP contribution >= 0.6 is 0 Å². The summed E-state index contributed by atoms with van der Waals surface area (Å²) in [5.41, 5.74) is 2.73. The van der Waals surface area contributed by atoms with Gasteiger partial charge < -0.3 is 20.3 Å². The van der Waals surface area contributed by atoms with Crippen molar-refractivity contribution in [3.05, 3.63) is 59.5 Å². The Morgan fingerprint density at radius 3 is 2.81 bits per heavy atom. The lowest BCUT2D eigenvalue weighted by Crippen LogP contribution is -2.50. The molecule has 4 rings (SSSR count). The molecule has 0 amide bonds. The molecule has 0 aliphatic carbocycles. The summed E-state index contributed by atoms with van der Waals surface area (Å²) in [6.07, 6.45) is 4.52. The van der Waals surface area contributed by atoms with E-state index in [9.17, 15) is 4.39 Å². The van der Waals surface area contributed by atoms with Gasteiger partial charge in [0.15, 0.2) is 17.6 Å². The van der Waals surface area contributed by atoms with Gasteiger partial charge in [-0.25, -0.2) is 9.37 Å². The predicted molar refractivity (Wildman–Crippen MR) is 122 cm³/mol. The Kier molecular flexibility index (Phi) is 6.70. The van der Waals surface area contributed by atoms with Crippen LogP contribution in [0.15, 0.2) is 47.6 Å². The fourth-order valence-electron chi connectivity index (χ4n) is 4.79. The molecule has 2 aliphatic rings. The zero-order chi connectivity index (χ0) is 21.7. The lowest BCUT2D eigenvalue weighted by atomic mass is 9.72. The van der Waals surface area contributed by atoms with Crippen LogP contribution in [0.4, 0.5) is 10.2 Å². The molecule has 7 heteroatoms. The van der Waals surface area contributed by atoms with Crippen LogP contribution in [-0.2, 0) is 10.2 Å². The number of hydrogen-bond acceptors (Lipinski definition) is 4. The van der Waals surface area contributed by atoms with Gasteiger partial charge in [-0.3, -0.25) is 4.99 Å². The first kappa shape index (κ1) is 21.6. The zero-order valence-electron chi connectivity index (χ0n) is 18.4. The quantitative estimate of drug-likeness (QED) is 0.570. The Morgan fingerprint density at radius 2 is 2.06 bits per heavy atom. The number of hydrogen-bond donors (Lipinski definition) is 2. The first-order valence-corrected chi connectivity index (χ1v) is 11.1. The maximum absolute atomic E-state index is 14.1. The van der Waals surface area contributed by atoms with E-state index in [0.29, 0.717) is 12.4 Å². The van der Waals surface area contributed by atoms with Crippen LogP contribution in [0.2, 0.25) is 0 Å². The molecule has 6 nitrogen and oxygen atoms in total. The van der Waals surface area contributed by atoms with Crippen molar-refractivity contribution in [2.24, 2.45) is 4.99 Å². The second-order valence-electron chi connectivity index (χ2n) is 8.52. The number of rotatable bonds is 5. The largest absolute Gasteiger partial charge is 0.381 e. The molecule has 1 aromatic carbocycles. The van der Waals surface area contributed by atoms with Crippen molar-refractivity contribution < 1.29 is 9.13 Å². The van der Waals surface area contributed by atoms with Gasteiger partial charge in [-0.2, -0.15) is 0 Å². The number of nitrogens with one attached hydrogen (secondary N) is 2. The van der Waals surface area contributed by atoms with Gasteiger partial charge in [0.25, 0.3) is 0 Å². The number of aromatic nitrogens is 1. The van der Waals surface area contributed by atoms with Gasteiger partial charge in [-0.1, -0.05) is 24.3 Å². The summed E-state index contributed by atoms with van der Waals surface area (Å²) in [7, 11) is 1.80. The van der Waals surface area contributed by atoms with Crippen LogP contribution in [0.1, 0.15) is 30.4 Å². The third-order valence-electron chi connectivity index (χ3n) is 6.55. The van der Waals surface area contributed by atoms with Gasteiger partial charge in [0.05, 0.1) is 0 Å². The Labute approximate surface area is 183 Å². The summed E-state index contributed by atoms with van der Waals surface area (Å²) in [5.74, 6) is 0.939. The lowest BCUT2D eigenvalue weighted by Gasteiger charge is -2.39. The van der Waals surface area contributed by atoms with Crippen LogP contribution < -0.4 is 15.5 Å². The van der Waals surface area contributed by atoms with Crippen LogP contribution in [0, 0.1) is 12.7 Å². The average molecular weight is 426 g/mol. The molecule has 2 saturated heterocycles. The molecule has 0 spiro atoms. The molecule has 0 bridgehead atoms. The molecule has 1 aromatic heterocycles. The second-order valence-corrected chi connectivity index (χ2v) is 8.52. The summed E-state index contributed by atoms with van der Waals surface area (Å²) >= 11 is 0. The van der Waals surface area contributed by atoms with E-state index in [2.05, 4.69) is 51.8 Å². The highest BCUT2D eigenvalue weighted by molar-refractivity contribution is 5.80. The first-order chi connectivity index (χ1) is 15.1. The number of aliphatic imine (C=N–C) groups is 1. The van der Waals surface area contributed by atoms with E-state index in [0.717, 1.165) is 51.5 Å². The molecular weight excluding hydrogens is 393 g/mol. The molecule has 166 valence electrons. The van der Waals surface area contributed by atoms with E-state index < -0.39 is 0 Å². The van der Waals surface area contributed by atoms with E-state index in [1.165, 1.54) is 17.2 Å². The van der Waals surface area contributed by atoms with Crippen molar-refractivity contribution in [2.45, 2.75) is 37.6 Å². The standard InChI is InChI=1S/C24H32FN5O/c1-18-6-3-4-7-20(18)24(10-14-31-15-11-24)17-28-23(26-2)29-19-9-13-30(16-19)22-21(25)8-5-12-27-22/h3-8,12,19H,9-11,13-17H2,1-2H3,(H2,26,28,29). The molecule has 31 heavy (non-hydrogen) atoms. The van der Waals surface area contributed by atoms with E-state index in [1.54, 1.807) is 19.3 Å². The highest BCUT2D eigenvalue weighted by Gasteiger charge is 2.36. The van der Waals surface area contributed by atoms with Crippen molar-refractivity contribution in [3.8, 4) is 0 Å². The zero-order valence-corrected chi connectivity index (χ0v) is 18.4. The lowest BCUT2D eigenvalue weighted by molar-refractivity contribution is 0.0511. The number of halogens is 1. The van der Waals surface area contributed by atoms with Crippen LogP contribution in [0.25, 0.3) is 0 Å². The number of nitrogens with zero attached hydrogens (tertiary/aromatic N) is 3. The minimum absolute atomic E-state index is 0.0278. The number of anilines is 1. The van der Waals surface area contributed by atoms with Crippen molar-refractivity contribution in [2.75, 3.05) is 44.8 Å². The number of pyridine rings is 1. The molecular formula is C24H32FN5O. The summed E-state index contributed by atoms with van der Waals surface area (Å²) in [4.78, 5) is 10.7. The van der Waals surface area contributed by atoms with Crippen LogP contribution in [0.3, 0.4) is 0 Å². The molecule has 3 heterocycles. The Balaban J connectivity index is 1.40. The van der Waals surface area contributed by atoms with Gasteiger partial charge in [0.1, 0.15) is 0 Å². The van der Waals surface area contributed by atoms with Crippen molar-refractivity contribution in [1.82, 2.24) is 15.6 Å². The SMILES string of the molecule is CN=C(NCC1(c2ccccc2C)CCOCC1)NC1CCN(c2ncccc2F)C1. The van der Waals surface area contributed by atoms with Crippen LogP contribution in [0.5, 0.6) is 0 Å². The summed E-state index contributed by atoms with van der Waals surface area (Å²) < 4.78 is 19.8. The number of ether oxygens (including phenoxy) is 1. The summed E-state index contributed by atoms with van der Waals surface area (Å²) in [5, 5.41) is 7.10. The van der Waals surface area contributed by atoms with E-state index in [1.807, 2.05) is 4.90 Å². The van der Waals surface area contributed by atoms with Gasteiger partial charge >= 0.3 is 0 Å². The van der Waals surface area contributed by atoms with Crippen molar-refractivity contribution >= 4 is 11.8 Å². The molecule has 0 radical (unpaired) electrons. The maximum atomic E-state index is 14.1. The normalized spacial score (nSPS) is 21.2. The fraction of sp³-hybridized carbons (Fsp3) is 0.500. The maximum Gasteiger partial charge on any atom is 0.191 e. The number of guanidine groups is 1. The van der Waals surface area contributed by atoms with Crippen LogP contribution in [-0.4, -0.2) is 56.9 Å². The van der Waals surface area contributed by atoms with E-state index in [4.69, 9.17) is 4.74 Å². The fourth-order valence-corrected chi connectivity index (χ4v) is 4.79. The second kappa shape index (κ2) is 9.64. The minimum atomic E-state index is -0.273. The molecule has 2 N–H and O–H groups in total. The first-order valence-electron chi connectivity index (χ1n) is 11.1. The van der Waals surface area contributed by atoms with Crippen molar-refractivity contribution in [3.63, 3.8) is 0 Å². The highest BCUT2D eigenvalue weighted by atomic mass is 19.1. The van der Waals surface area contributed by atoms with Gasteiger partial charge in [0.2, 0.25) is 0 Å². The van der Waals surface area contributed by atoms with E-state index >= 15 is 0 Å². The molecule has 2 aliphatic heterocycles.